The monoisotopic (exact) mass is 444 g/mol. The Morgan fingerprint density at radius 3 is 2.67 bits per heavy atom. The number of aromatic nitrogens is 5. The van der Waals surface area contributed by atoms with Crippen molar-refractivity contribution in [3.05, 3.63) is 29.3 Å². The zero-order valence-corrected chi connectivity index (χ0v) is 18.6. The predicted molar refractivity (Wildman–Crippen MR) is 118 cm³/mol. The van der Waals surface area contributed by atoms with Crippen molar-refractivity contribution in [2.24, 2.45) is 7.05 Å². The normalized spacial score (nSPS) is 14.2. The summed E-state index contributed by atoms with van der Waals surface area (Å²) in [4.78, 5) is 12.2. The molecule has 8 nitrogen and oxygen atoms in total. The first-order valence-electron chi connectivity index (χ1n) is 10.0. The minimum atomic E-state index is -0.142. The molecule has 0 spiro atoms. The molecule has 1 amide bonds. The second-order valence-electron chi connectivity index (χ2n) is 7.11. The molecule has 0 aliphatic heterocycles. The van der Waals surface area contributed by atoms with Crippen LogP contribution in [-0.2, 0) is 18.3 Å². The number of amides is 1. The van der Waals surface area contributed by atoms with Gasteiger partial charge in [-0.25, -0.2) is 0 Å². The Morgan fingerprint density at radius 1 is 1.20 bits per heavy atom. The number of nitrogens with zero attached hydrogens (tertiary/aromatic N) is 5. The number of ether oxygens (including phenoxy) is 1. The third-order valence-corrected chi connectivity index (χ3v) is 6.90. The fraction of sp³-hybridized carbons (Fsp3) is 0.450. The van der Waals surface area contributed by atoms with Crippen LogP contribution >= 0.6 is 23.1 Å². The molecule has 2 heterocycles. The molecule has 1 fully saturated rings. The van der Waals surface area contributed by atoms with E-state index in [1.165, 1.54) is 35.9 Å². The summed E-state index contributed by atoms with van der Waals surface area (Å²) in [5.41, 5.74) is 0.959. The average molecular weight is 445 g/mol. The highest BCUT2D eigenvalue weighted by Gasteiger charge is 2.17. The molecule has 1 aliphatic carbocycles. The number of anilines is 1. The quantitative estimate of drug-likeness (QED) is 0.526. The van der Waals surface area contributed by atoms with Crippen LogP contribution in [0, 0.1) is 0 Å². The van der Waals surface area contributed by atoms with E-state index in [1.54, 1.807) is 0 Å². The topological polar surface area (TPSA) is 94.8 Å². The highest BCUT2D eigenvalue weighted by molar-refractivity contribution is 7.99. The molecule has 3 aromatic rings. The summed E-state index contributed by atoms with van der Waals surface area (Å²) in [6.07, 6.45) is 5.92. The van der Waals surface area contributed by atoms with E-state index in [2.05, 4.69) is 25.7 Å². The van der Waals surface area contributed by atoms with Crippen molar-refractivity contribution < 1.29 is 9.53 Å². The van der Waals surface area contributed by atoms with Crippen molar-refractivity contribution in [2.45, 2.75) is 50.3 Å². The van der Waals surface area contributed by atoms with E-state index in [0.29, 0.717) is 16.4 Å². The lowest BCUT2D eigenvalue weighted by atomic mass is 10.2. The predicted octanol–water partition coefficient (Wildman–Crippen LogP) is 3.95. The first-order chi connectivity index (χ1) is 14.6. The first-order valence-corrected chi connectivity index (χ1v) is 11.8. The van der Waals surface area contributed by atoms with E-state index in [-0.39, 0.29) is 11.7 Å². The number of thioether (sulfide) groups is 1. The Balaban J connectivity index is 1.34. The average Bonchev–Trinajstić information content (AvgIpc) is 3.49. The molecular weight excluding hydrogens is 420 g/mol. The Bertz CT molecular complexity index is 995. The molecule has 0 radical (unpaired) electrons. The van der Waals surface area contributed by atoms with Crippen LogP contribution in [0.3, 0.4) is 0 Å². The lowest BCUT2D eigenvalue weighted by molar-refractivity contribution is -0.113. The molecular formula is C20H24N6O2S2. The summed E-state index contributed by atoms with van der Waals surface area (Å²) in [5.74, 6) is 1.72. The smallest absolute Gasteiger partial charge is 0.236 e. The van der Waals surface area contributed by atoms with Gasteiger partial charge in [0.25, 0.3) is 0 Å². The number of hydrogen-bond donors (Lipinski definition) is 1. The van der Waals surface area contributed by atoms with Gasteiger partial charge in [-0.15, -0.1) is 20.4 Å². The SMILES string of the molecule is CCc1nnc(NC(=O)CSc2nnc(-c3ccc(OC4CCCC4)cc3)n2C)s1. The Hall–Kier alpha value is -2.46. The molecule has 0 unspecified atom stereocenters. The van der Waals surface area contributed by atoms with Crippen molar-refractivity contribution in [3.63, 3.8) is 0 Å². The molecule has 0 atom stereocenters. The summed E-state index contributed by atoms with van der Waals surface area (Å²) in [5, 5.41) is 21.4. The Labute approximate surface area is 183 Å². The van der Waals surface area contributed by atoms with Crippen LogP contribution in [0.4, 0.5) is 5.13 Å². The molecule has 0 bridgehead atoms. The lowest BCUT2D eigenvalue weighted by Crippen LogP contribution is -2.14. The molecule has 4 rings (SSSR count). The molecule has 1 saturated carbocycles. The minimum absolute atomic E-state index is 0.142. The van der Waals surface area contributed by atoms with Crippen LogP contribution in [0.1, 0.15) is 37.6 Å². The third-order valence-electron chi connectivity index (χ3n) is 4.90. The van der Waals surface area contributed by atoms with Gasteiger partial charge in [0.15, 0.2) is 11.0 Å². The zero-order valence-electron chi connectivity index (χ0n) is 17.0. The molecule has 158 valence electrons. The van der Waals surface area contributed by atoms with Gasteiger partial charge in [-0.05, 0) is 56.4 Å². The van der Waals surface area contributed by atoms with Crippen molar-refractivity contribution in [3.8, 4) is 17.1 Å². The van der Waals surface area contributed by atoms with Crippen molar-refractivity contribution in [2.75, 3.05) is 11.1 Å². The fourth-order valence-corrected chi connectivity index (χ4v) is 4.71. The van der Waals surface area contributed by atoms with Gasteiger partial charge >= 0.3 is 0 Å². The van der Waals surface area contributed by atoms with Gasteiger partial charge in [0.2, 0.25) is 11.0 Å². The number of carbonyl (C=O) groups is 1. The number of carbonyl (C=O) groups excluding carboxylic acids is 1. The van der Waals surface area contributed by atoms with Crippen LogP contribution < -0.4 is 10.1 Å². The Kier molecular flexibility index (Phi) is 6.63. The van der Waals surface area contributed by atoms with E-state index in [4.69, 9.17) is 4.74 Å². The number of rotatable bonds is 8. The van der Waals surface area contributed by atoms with E-state index in [1.807, 2.05) is 42.8 Å². The summed E-state index contributed by atoms with van der Waals surface area (Å²) in [7, 11) is 1.90. The second kappa shape index (κ2) is 9.57. The van der Waals surface area contributed by atoms with Crippen LogP contribution in [0.15, 0.2) is 29.4 Å². The van der Waals surface area contributed by atoms with Gasteiger partial charge in [0.1, 0.15) is 10.8 Å². The van der Waals surface area contributed by atoms with Crippen LogP contribution in [0.5, 0.6) is 5.75 Å². The Morgan fingerprint density at radius 2 is 1.97 bits per heavy atom. The maximum Gasteiger partial charge on any atom is 0.236 e. The van der Waals surface area contributed by atoms with Crippen molar-refractivity contribution in [1.29, 1.82) is 0 Å². The first kappa shape index (κ1) is 20.8. The fourth-order valence-electron chi connectivity index (χ4n) is 3.31. The number of aryl methyl sites for hydroxylation is 1. The summed E-state index contributed by atoms with van der Waals surface area (Å²) < 4.78 is 7.92. The maximum absolute atomic E-state index is 12.2. The van der Waals surface area contributed by atoms with E-state index in [9.17, 15) is 4.79 Å². The van der Waals surface area contributed by atoms with Crippen molar-refractivity contribution in [1.82, 2.24) is 25.0 Å². The van der Waals surface area contributed by atoms with E-state index in [0.717, 1.165) is 41.4 Å². The molecule has 0 saturated heterocycles. The second-order valence-corrected chi connectivity index (χ2v) is 9.11. The van der Waals surface area contributed by atoms with E-state index >= 15 is 0 Å². The van der Waals surface area contributed by atoms with Crippen LogP contribution in [0.2, 0.25) is 0 Å². The van der Waals surface area contributed by atoms with Crippen LogP contribution in [-0.4, -0.2) is 42.7 Å². The van der Waals surface area contributed by atoms with Crippen LogP contribution in [0.25, 0.3) is 11.4 Å². The zero-order chi connectivity index (χ0) is 20.9. The highest BCUT2D eigenvalue weighted by atomic mass is 32.2. The molecule has 1 N–H and O–H groups in total. The van der Waals surface area contributed by atoms with Gasteiger partial charge in [-0.2, -0.15) is 0 Å². The molecule has 2 aromatic heterocycles. The van der Waals surface area contributed by atoms with Gasteiger partial charge < -0.3 is 9.30 Å². The number of benzene rings is 1. The molecule has 1 aromatic carbocycles. The number of nitrogens with one attached hydrogen (secondary N) is 1. The van der Waals surface area contributed by atoms with E-state index < -0.39 is 0 Å². The third kappa shape index (κ3) is 4.99. The molecule has 30 heavy (non-hydrogen) atoms. The summed E-state index contributed by atoms with van der Waals surface area (Å²) in [6.45, 7) is 2.00. The summed E-state index contributed by atoms with van der Waals surface area (Å²) in [6, 6.07) is 7.96. The van der Waals surface area contributed by atoms with Gasteiger partial charge in [-0.3, -0.25) is 10.1 Å². The highest BCUT2D eigenvalue weighted by Crippen LogP contribution is 2.27. The molecule has 1 aliphatic rings. The largest absolute Gasteiger partial charge is 0.490 e. The maximum atomic E-state index is 12.2. The van der Waals surface area contributed by atoms with Gasteiger partial charge in [-0.1, -0.05) is 30.0 Å². The summed E-state index contributed by atoms with van der Waals surface area (Å²) >= 11 is 2.73. The number of hydrogen-bond acceptors (Lipinski definition) is 8. The standard InChI is InChI=1S/C20H24N6O2S2/c1-3-17-22-24-19(30-17)21-16(27)12-29-20-25-23-18(26(20)2)13-8-10-15(11-9-13)28-14-6-4-5-7-14/h8-11,14H,3-7,12H2,1-2H3,(H,21,24,27). The lowest BCUT2D eigenvalue weighted by Gasteiger charge is -2.13. The molecule has 10 heteroatoms. The van der Waals surface area contributed by atoms with Gasteiger partial charge in [0, 0.05) is 12.6 Å². The van der Waals surface area contributed by atoms with Crippen molar-refractivity contribution >= 4 is 34.1 Å². The minimum Gasteiger partial charge on any atom is -0.490 e. The van der Waals surface area contributed by atoms with Gasteiger partial charge in [0.05, 0.1) is 11.9 Å².